The van der Waals surface area contributed by atoms with Gasteiger partial charge in [-0.2, -0.15) is 0 Å². The quantitative estimate of drug-likeness (QED) is 0.493. The van der Waals surface area contributed by atoms with Crippen molar-refractivity contribution in [3.63, 3.8) is 0 Å². The van der Waals surface area contributed by atoms with Crippen molar-refractivity contribution in [2.45, 2.75) is 13.3 Å². The molecule has 0 aliphatic heterocycles. The van der Waals surface area contributed by atoms with E-state index >= 15 is 0 Å². The second-order valence-corrected chi connectivity index (χ2v) is 5.38. The van der Waals surface area contributed by atoms with Crippen molar-refractivity contribution in [1.29, 1.82) is 0 Å². The molecule has 72 valence electrons. The highest BCUT2D eigenvalue weighted by molar-refractivity contribution is 7.90. The lowest BCUT2D eigenvalue weighted by Crippen LogP contribution is -2.19. The topological polar surface area (TPSA) is 46.2 Å². The van der Waals surface area contributed by atoms with Crippen LogP contribution in [0.25, 0.3) is 0 Å². The molecule has 0 aromatic carbocycles. The molecular weight excluding hydrogens is 174 g/mol. The van der Waals surface area contributed by atoms with E-state index in [0.717, 1.165) is 18.7 Å². The monoisotopic (exact) mass is 191 g/mol. The minimum absolute atomic E-state index is 0.260. The minimum Gasteiger partial charge on any atom is -0.313 e. The Kier molecular flexibility index (Phi) is 5.17. The summed E-state index contributed by atoms with van der Waals surface area (Å²) in [5.41, 5.74) is 1.06. The highest BCUT2D eigenvalue weighted by atomic mass is 32.2. The standard InChI is InChI=1S/C8H17NO2S/c1-8(2)7-9-5-4-6-12(3,10)11/h9H,1,4-7H2,2-3H3. The summed E-state index contributed by atoms with van der Waals surface area (Å²) in [5.74, 6) is 0.260. The summed E-state index contributed by atoms with van der Waals surface area (Å²) < 4.78 is 21.4. The van der Waals surface area contributed by atoms with Crippen molar-refractivity contribution in [2.75, 3.05) is 25.1 Å². The van der Waals surface area contributed by atoms with Crippen LogP contribution in [0.15, 0.2) is 12.2 Å². The molecule has 0 atom stereocenters. The molecule has 0 saturated carbocycles. The van der Waals surface area contributed by atoms with Gasteiger partial charge in [0.15, 0.2) is 0 Å². The van der Waals surface area contributed by atoms with Crippen molar-refractivity contribution in [3.05, 3.63) is 12.2 Å². The molecule has 0 spiro atoms. The molecule has 0 aromatic rings. The van der Waals surface area contributed by atoms with E-state index in [1.807, 2.05) is 6.92 Å². The van der Waals surface area contributed by atoms with Crippen LogP contribution in [-0.2, 0) is 9.84 Å². The molecule has 0 aromatic heterocycles. The van der Waals surface area contributed by atoms with Gasteiger partial charge in [0.2, 0.25) is 0 Å². The van der Waals surface area contributed by atoms with Crippen LogP contribution in [0.4, 0.5) is 0 Å². The summed E-state index contributed by atoms with van der Waals surface area (Å²) >= 11 is 0. The molecule has 0 heterocycles. The van der Waals surface area contributed by atoms with Gasteiger partial charge in [-0.3, -0.25) is 0 Å². The van der Waals surface area contributed by atoms with Crippen LogP contribution in [0, 0.1) is 0 Å². The van der Waals surface area contributed by atoms with Gasteiger partial charge in [0.05, 0.1) is 5.75 Å². The van der Waals surface area contributed by atoms with Crippen LogP contribution in [0.1, 0.15) is 13.3 Å². The van der Waals surface area contributed by atoms with E-state index in [1.54, 1.807) is 0 Å². The Morgan fingerprint density at radius 1 is 1.50 bits per heavy atom. The molecule has 0 amide bonds. The summed E-state index contributed by atoms with van der Waals surface area (Å²) in [6.07, 6.45) is 1.93. The summed E-state index contributed by atoms with van der Waals surface area (Å²) in [5, 5.41) is 3.09. The van der Waals surface area contributed by atoms with Crippen molar-refractivity contribution in [3.8, 4) is 0 Å². The van der Waals surface area contributed by atoms with Gasteiger partial charge in [0, 0.05) is 12.8 Å². The third-order valence-corrected chi connectivity index (χ3v) is 2.33. The van der Waals surface area contributed by atoms with Gasteiger partial charge >= 0.3 is 0 Å². The second-order valence-electron chi connectivity index (χ2n) is 3.12. The Labute approximate surface area is 74.8 Å². The van der Waals surface area contributed by atoms with Gasteiger partial charge in [0.1, 0.15) is 9.84 Å². The lowest BCUT2D eigenvalue weighted by atomic mass is 10.3. The first kappa shape index (κ1) is 11.6. The zero-order chi connectivity index (χ0) is 9.61. The summed E-state index contributed by atoms with van der Waals surface area (Å²) in [6, 6.07) is 0. The van der Waals surface area contributed by atoms with Crippen LogP contribution >= 0.6 is 0 Å². The first-order chi connectivity index (χ1) is 5.42. The van der Waals surface area contributed by atoms with Gasteiger partial charge in [-0.15, -0.1) is 0 Å². The Balaban J connectivity index is 3.29. The molecule has 0 rings (SSSR count). The van der Waals surface area contributed by atoms with Gasteiger partial charge in [0.25, 0.3) is 0 Å². The van der Waals surface area contributed by atoms with E-state index in [0.29, 0.717) is 6.42 Å². The third kappa shape index (κ3) is 9.65. The van der Waals surface area contributed by atoms with Gasteiger partial charge < -0.3 is 5.32 Å². The fraction of sp³-hybridized carbons (Fsp3) is 0.750. The molecule has 0 fully saturated rings. The molecule has 0 saturated heterocycles. The highest BCUT2D eigenvalue weighted by Crippen LogP contribution is 1.88. The van der Waals surface area contributed by atoms with E-state index in [1.165, 1.54) is 6.26 Å². The predicted molar refractivity (Wildman–Crippen MR) is 52.0 cm³/mol. The van der Waals surface area contributed by atoms with Gasteiger partial charge in [-0.1, -0.05) is 12.2 Å². The van der Waals surface area contributed by atoms with Crippen LogP contribution in [-0.4, -0.2) is 33.5 Å². The van der Waals surface area contributed by atoms with Crippen LogP contribution in [0.3, 0.4) is 0 Å². The van der Waals surface area contributed by atoms with Crippen molar-refractivity contribution >= 4 is 9.84 Å². The molecular formula is C8H17NO2S. The SMILES string of the molecule is C=C(C)CNCCCS(C)(=O)=O. The maximum atomic E-state index is 10.7. The number of rotatable bonds is 6. The van der Waals surface area contributed by atoms with Crippen molar-refractivity contribution in [1.82, 2.24) is 5.32 Å². The van der Waals surface area contributed by atoms with Crippen molar-refractivity contribution in [2.24, 2.45) is 0 Å². The predicted octanol–water partition coefficient (Wildman–Crippen LogP) is 0.587. The summed E-state index contributed by atoms with van der Waals surface area (Å²) in [7, 11) is -2.79. The van der Waals surface area contributed by atoms with Crippen LogP contribution in [0.2, 0.25) is 0 Å². The largest absolute Gasteiger partial charge is 0.313 e. The fourth-order valence-electron chi connectivity index (χ4n) is 0.761. The summed E-state index contributed by atoms with van der Waals surface area (Å²) in [6.45, 7) is 7.16. The maximum absolute atomic E-state index is 10.7. The van der Waals surface area contributed by atoms with Crippen LogP contribution < -0.4 is 5.32 Å². The highest BCUT2D eigenvalue weighted by Gasteiger charge is 1.99. The normalized spacial score (nSPS) is 11.5. The van der Waals surface area contributed by atoms with Gasteiger partial charge in [-0.05, 0) is 19.9 Å². The van der Waals surface area contributed by atoms with E-state index < -0.39 is 9.84 Å². The Hall–Kier alpha value is -0.350. The van der Waals surface area contributed by atoms with E-state index in [2.05, 4.69) is 11.9 Å². The molecule has 4 heteroatoms. The minimum atomic E-state index is -2.79. The van der Waals surface area contributed by atoms with Gasteiger partial charge in [-0.25, -0.2) is 8.42 Å². The third-order valence-electron chi connectivity index (χ3n) is 1.30. The van der Waals surface area contributed by atoms with Crippen LogP contribution in [0.5, 0.6) is 0 Å². The smallest absolute Gasteiger partial charge is 0.147 e. The first-order valence-corrected chi connectivity index (χ1v) is 6.00. The second kappa shape index (κ2) is 5.32. The molecule has 0 unspecified atom stereocenters. The number of hydrogen-bond donors (Lipinski definition) is 1. The average Bonchev–Trinajstić information content (AvgIpc) is 1.83. The molecule has 3 nitrogen and oxygen atoms in total. The van der Waals surface area contributed by atoms with E-state index in [4.69, 9.17) is 0 Å². The zero-order valence-electron chi connectivity index (χ0n) is 7.76. The molecule has 0 bridgehead atoms. The molecule has 0 radical (unpaired) electrons. The number of hydrogen-bond acceptors (Lipinski definition) is 3. The summed E-state index contributed by atoms with van der Waals surface area (Å²) in [4.78, 5) is 0. The molecule has 1 N–H and O–H groups in total. The number of nitrogens with one attached hydrogen (secondary N) is 1. The van der Waals surface area contributed by atoms with Crippen molar-refractivity contribution < 1.29 is 8.42 Å². The van der Waals surface area contributed by atoms with E-state index in [-0.39, 0.29) is 5.75 Å². The average molecular weight is 191 g/mol. The van der Waals surface area contributed by atoms with E-state index in [9.17, 15) is 8.42 Å². The fourth-order valence-corrected chi connectivity index (χ4v) is 1.43. The Bertz CT molecular complexity index is 231. The maximum Gasteiger partial charge on any atom is 0.147 e. The Morgan fingerprint density at radius 2 is 2.08 bits per heavy atom. The molecule has 0 aliphatic carbocycles. The zero-order valence-corrected chi connectivity index (χ0v) is 8.58. The first-order valence-electron chi connectivity index (χ1n) is 3.94. The molecule has 0 aliphatic rings. The lowest BCUT2D eigenvalue weighted by Gasteiger charge is -2.02. The number of sulfone groups is 1. The Morgan fingerprint density at radius 3 is 2.50 bits per heavy atom. The lowest BCUT2D eigenvalue weighted by molar-refractivity contribution is 0.596. The molecule has 12 heavy (non-hydrogen) atoms.